The Kier molecular flexibility index (Phi) is 4.30. The van der Waals surface area contributed by atoms with Crippen molar-refractivity contribution < 1.29 is 4.79 Å². The number of para-hydroxylation sites is 1. The number of nitrogens with zero attached hydrogens (tertiary/aromatic N) is 1. The van der Waals surface area contributed by atoms with E-state index in [0.29, 0.717) is 5.92 Å². The Bertz CT molecular complexity index is 436. The minimum absolute atomic E-state index is 0.0563. The molecule has 1 amide bonds. The first-order chi connectivity index (χ1) is 8.65. The van der Waals surface area contributed by atoms with Crippen molar-refractivity contribution in [3.8, 4) is 0 Å². The molecule has 1 unspecified atom stereocenters. The second kappa shape index (κ2) is 5.76. The molecule has 1 aliphatic rings. The van der Waals surface area contributed by atoms with E-state index in [1.807, 2.05) is 29.4 Å². The Hall–Kier alpha value is -1.00. The maximum absolute atomic E-state index is 12.4. The zero-order chi connectivity index (χ0) is 13.1. The quantitative estimate of drug-likeness (QED) is 0.907. The van der Waals surface area contributed by atoms with Gasteiger partial charge in [0.25, 0.3) is 0 Å². The molecule has 2 atom stereocenters. The van der Waals surface area contributed by atoms with Crippen molar-refractivity contribution in [3.63, 3.8) is 0 Å². The van der Waals surface area contributed by atoms with Gasteiger partial charge in [0.1, 0.15) is 0 Å². The fourth-order valence-electron chi connectivity index (χ4n) is 2.40. The van der Waals surface area contributed by atoms with Gasteiger partial charge in [0.05, 0.1) is 6.04 Å². The second-order valence-corrected chi connectivity index (χ2v) is 5.78. The van der Waals surface area contributed by atoms with Crippen LogP contribution in [0, 0.1) is 0 Å². The monoisotopic (exact) mass is 264 g/mol. The summed E-state index contributed by atoms with van der Waals surface area (Å²) in [4.78, 5) is 14.2. The van der Waals surface area contributed by atoms with E-state index in [9.17, 15) is 4.79 Å². The van der Waals surface area contributed by atoms with E-state index in [0.717, 1.165) is 24.4 Å². The predicted octanol–water partition coefficient (Wildman–Crippen LogP) is 2.22. The number of thioether (sulfide) groups is 1. The topological polar surface area (TPSA) is 46.3 Å². The van der Waals surface area contributed by atoms with Crippen LogP contribution in [0.3, 0.4) is 0 Å². The summed E-state index contributed by atoms with van der Waals surface area (Å²) >= 11 is 1.73. The normalized spacial score (nSPS) is 19.7. The van der Waals surface area contributed by atoms with E-state index in [-0.39, 0.29) is 11.9 Å². The molecule has 1 aromatic carbocycles. The summed E-state index contributed by atoms with van der Waals surface area (Å²) < 4.78 is 0. The molecule has 18 heavy (non-hydrogen) atoms. The zero-order valence-electron chi connectivity index (χ0n) is 10.9. The number of amides is 1. The van der Waals surface area contributed by atoms with Gasteiger partial charge in [-0.3, -0.25) is 4.79 Å². The van der Waals surface area contributed by atoms with Gasteiger partial charge in [0, 0.05) is 18.2 Å². The Labute approximate surface area is 113 Å². The summed E-state index contributed by atoms with van der Waals surface area (Å²) in [7, 11) is 0. The summed E-state index contributed by atoms with van der Waals surface area (Å²) in [6.07, 6.45) is 2.78. The van der Waals surface area contributed by atoms with Gasteiger partial charge in [-0.2, -0.15) is 11.8 Å². The molecular formula is C14H20N2OS. The highest BCUT2D eigenvalue weighted by Crippen LogP contribution is 2.35. The summed E-state index contributed by atoms with van der Waals surface area (Å²) in [6, 6.07) is 7.73. The number of nitrogens with two attached hydrogens (primary N) is 1. The van der Waals surface area contributed by atoms with E-state index in [2.05, 4.69) is 13.0 Å². The molecule has 3 nitrogen and oxygen atoms in total. The molecule has 1 heterocycles. The third-order valence-corrected chi connectivity index (χ3v) is 4.08. The fraction of sp³-hybridized carbons (Fsp3) is 0.500. The van der Waals surface area contributed by atoms with Crippen molar-refractivity contribution in [3.05, 3.63) is 29.8 Å². The fourth-order valence-corrected chi connectivity index (χ4v) is 2.89. The van der Waals surface area contributed by atoms with E-state index in [1.165, 1.54) is 5.56 Å². The predicted molar refractivity (Wildman–Crippen MR) is 78.2 cm³/mol. The maximum atomic E-state index is 12.4. The van der Waals surface area contributed by atoms with E-state index in [4.69, 9.17) is 5.73 Å². The lowest BCUT2D eigenvalue weighted by atomic mass is 10.0. The minimum atomic E-state index is -0.379. The van der Waals surface area contributed by atoms with Crippen LogP contribution < -0.4 is 10.6 Å². The van der Waals surface area contributed by atoms with Crippen LogP contribution in [-0.2, 0) is 4.79 Å². The lowest BCUT2D eigenvalue weighted by Gasteiger charge is -2.21. The third-order valence-electron chi connectivity index (χ3n) is 3.43. The first-order valence-electron chi connectivity index (χ1n) is 6.30. The molecule has 1 aromatic rings. The molecule has 0 saturated carbocycles. The van der Waals surface area contributed by atoms with Crippen LogP contribution in [0.4, 0.5) is 5.69 Å². The first kappa shape index (κ1) is 13.4. The number of benzene rings is 1. The average Bonchev–Trinajstić information content (AvgIpc) is 2.73. The van der Waals surface area contributed by atoms with Gasteiger partial charge in [-0.15, -0.1) is 0 Å². The number of rotatable bonds is 4. The zero-order valence-corrected chi connectivity index (χ0v) is 11.7. The largest absolute Gasteiger partial charge is 0.320 e. The number of anilines is 1. The summed E-state index contributed by atoms with van der Waals surface area (Å²) in [5, 5.41) is 0. The van der Waals surface area contributed by atoms with Gasteiger partial charge in [-0.05, 0) is 30.1 Å². The molecule has 4 heteroatoms. The number of hydrogen-bond donors (Lipinski definition) is 1. The van der Waals surface area contributed by atoms with Crippen molar-refractivity contribution in [2.24, 2.45) is 5.73 Å². The van der Waals surface area contributed by atoms with Crippen molar-refractivity contribution in [2.75, 3.05) is 23.5 Å². The van der Waals surface area contributed by atoms with E-state index >= 15 is 0 Å². The maximum Gasteiger partial charge on any atom is 0.243 e. The molecule has 2 N–H and O–H groups in total. The Morgan fingerprint density at radius 1 is 1.56 bits per heavy atom. The highest BCUT2D eigenvalue weighted by molar-refractivity contribution is 7.98. The molecular weight excluding hydrogens is 244 g/mol. The second-order valence-electron chi connectivity index (χ2n) is 4.80. The van der Waals surface area contributed by atoms with E-state index in [1.54, 1.807) is 11.8 Å². The Morgan fingerprint density at radius 3 is 3.00 bits per heavy atom. The SMILES string of the molecule is CSCC[C@H](N)C(=O)N1CC(C)c2ccccc21. The van der Waals surface area contributed by atoms with Crippen LogP contribution in [0.2, 0.25) is 0 Å². The van der Waals surface area contributed by atoms with Gasteiger partial charge >= 0.3 is 0 Å². The van der Waals surface area contributed by atoms with Crippen molar-refractivity contribution in [1.82, 2.24) is 0 Å². The van der Waals surface area contributed by atoms with Crippen molar-refractivity contribution in [1.29, 1.82) is 0 Å². The first-order valence-corrected chi connectivity index (χ1v) is 7.69. The van der Waals surface area contributed by atoms with Crippen LogP contribution in [0.1, 0.15) is 24.8 Å². The number of fused-ring (bicyclic) bond motifs is 1. The molecule has 0 spiro atoms. The molecule has 2 rings (SSSR count). The number of carbonyl (C=O) groups is 1. The molecule has 0 fully saturated rings. The van der Waals surface area contributed by atoms with Gasteiger partial charge in [0.2, 0.25) is 5.91 Å². The molecule has 0 saturated heterocycles. The summed E-state index contributed by atoms with van der Waals surface area (Å²) in [6.45, 7) is 2.91. The van der Waals surface area contributed by atoms with Gasteiger partial charge in [0.15, 0.2) is 0 Å². The van der Waals surface area contributed by atoms with E-state index < -0.39 is 0 Å². The highest BCUT2D eigenvalue weighted by Gasteiger charge is 2.31. The number of carbonyl (C=O) groups excluding carboxylic acids is 1. The molecule has 0 aromatic heterocycles. The van der Waals surface area contributed by atoms with Crippen molar-refractivity contribution in [2.45, 2.75) is 25.3 Å². The molecule has 0 radical (unpaired) electrons. The third kappa shape index (κ3) is 2.54. The van der Waals surface area contributed by atoms with Gasteiger partial charge in [-0.25, -0.2) is 0 Å². The molecule has 1 aliphatic heterocycles. The Morgan fingerprint density at radius 2 is 2.28 bits per heavy atom. The summed E-state index contributed by atoms with van der Waals surface area (Å²) in [5.41, 5.74) is 8.27. The number of hydrogen-bond acceptors (Lipinski definition) is 3. The lowest BCUT2D eigenvalue weighted by Crippen LogP contribution is -2.43. The highest BCUT2D eigenvalue weighted by atomic mass is 32.2. The van der Waals surface area contributed by atoms with Gasteiger partial charge in [-0.1, -0.05) is 25.1 Å². The standard InChI is InChI=1S/C14H20N2OS/c1-10-9-16(13-6-4-3-5-11(10)13)14(17)12(15)7-8-18-2/h3-6,10,12H,7-9,15H2,1-2H3/t10?,12-/m0/s1. The minimum Gasteiger partial charge on any atom is -0.320 e. The van der Waals surface area contributed by atoms with Crippen LogP contribution in [0.15, 0.2) is 24.3 Å². The van der Waals surface area contributed by atoms with Crippen LogP contribution in [0.25, 0.3) is 0 Å². The molecule has 98 valence electrons. The lowest BCUT2D eigenvalue weighted by molar-refractivity contribution is -0.119. The van der Waals surface area contributed by atoms with Gasteiger partial charge < -0.3 is 10.6 Å². The van der Waals surface area contributed by atoms with Crippen LogP contribution in [-0.4, -0.2) is 30.5 Å². The van der Waals surface area contributed by atoms with Crippen LogP contribution >= 0.6 is 11.8 Å². The molecule has 0 aliphatic carbocycles. The summed E-state index contributed by atoms with van der Waals surface area (Å²) in [5.74, 6) is 1.39. The van der Waals surface area contributed by atoms with Crippen molar-refractivity contribution >= 4 is 23.4 Å². The Balaban J connectivity index is 2.13. The van der Waals surface area contributed by atoms with Crippen LogP contribution in [0.5, 0.6) is 0 Å². The smallest absolute Gasteiger partial charge is 0.243 e. The molecule has 0 bridgehead atoms. The average molecular weight is 264 g/mol.